The molecule has 0 unspecified atom stereocenters. The predicted molar refractivity (Wildman–Crippen MR) is 65.0 cm³/mol. The van der Waals surface area contributed by atoms with E-state index in [1.807, 2.05) is 0 Å². The zero-order valence-electron chi connectivity index (χ0n) is 10.3. The normalized spacial score (nSPS) is 12.4. The van der Waals surface area contributed by atoms with Crippen molar-refractivity contribution in [1.29, 1.82) is 5.26 Å². The molecular weight excluding hydrogens is 200 g/mol. The molecule has 1 rings (SSSR count). The highest BCUT2D eigenvalue weighted by Crippen LogP contribution is 2.22. The van der Waals surface area contributed by atoms with Gasteiger partial charge in [-0.2, -0.15) is 10.4 Å². The van der Waals surface area contributed by atoms with Gasteiger partial charge in [-0.25, -0.2) is 4.68 Å². The van der Waals surface area contributed by atoms with Crippen molar-refractivity contribution in [2.75, 3.05) is 5.73 Å². The van der Waals surface area contributed by atoms with Crippen LogP contribution in [0.3, 0.4) is 0 Å². The van der Waals surface area contributed by atoms with E-state index in [4.69, 9.17) is 11.0 Å². The highest BCUT2D eigenvalue weighted by atomic mass is 15.3. The maximum absolute atomic E-state index is 9.08. The van der Waals surface area contributed by atoms with Crippen LogP contribution in [-0.4, -0.2) is 9.78 Å². The van der Waals surface area contributed by atoms with Crippen molar-refractivity contribution >= 4 is 5.82 Å². The van der Waals surface area contributed by atoms with E-state index >= 15 is 0 Å². The second-order valence-corrected chi connectivity index (χ2v) is 4.12. The van der Waals surface area contributed by atoms with Gasteiger partial charge in [-0.1, -0.05) is 20.3 Å². The second kappa shape index (κ2) is 5.55. The lowest BCUT2D eigenvalue weighted by atomic mass is 10.1. The number of nitrogen functional groups attached to an aromatic ring is 1. The van der Waals surface area contributed by atoms with Crippen molar-refractivity contribution in [3.63, 3.8) is 0 Å². The maximum atomic E-state index is 9.08. The molecule has 0 saturated heterocycles. The Morgan fingerprint density at radius 2 is 2.19 bits per heavy atom. The number of rotatable bonds is 5. The predicted octanol–water partition coefficient (Wildman–Crippen LogP) is 2.65. The van der Waals surface area contributed by atoms with Gasteiger partial charge in [0.1, 0.15) is 17.5 Å². The number of nitrogens with two attached hydrogens (primary N) is 1. The van der Waals surface area contributed by atoms with Crippen LogP contribution in [0.5, 0.6) is 0 Å². The molecule has 0 aromatic carbocycles. The van der Waals surface area contributed by atoms with Gasteiger partial charge in [-0.3, -0.25) is 0 Å². The molecule has 1 aromatic rings. The first kappa shape index (κ1) is 12.6. The zero-order valence-corrected chi connectivity index (χ0v) is 10.3. The smallest absolute Gasteiger partial charge is 0.140 e. The molecule has 0 saturated carbocycles. The van der Waals surface area contributed by atoms with Crippen LogP contribution in [0.1, 0.15) is 57.3 Å². The van der Waals surface area contributed by atoms with E-state index in [1.165, 1.54) is 0 Å². The molecule has 0 spiro atoms. The van der Waals surface area contributed by atoms with Crippen LogP contribution < -0.4 is 5.73 Å². The van der Waals surface area contributed by atoms with Crippen molar-refractivity contribution < 1.29 is 0 Å². The fraction of sp³-hybridized carbons (Fsp3) is 0.667. The highest BCUT2D eigenvalue weighted by Gasteiger charge is 2.17. The van der Waals surface area contributed by atoms with Crippen LogP contribution in [0.15, 0.2) is 0 Å². The molecule has 0 aliphatic carbocycles. The molecule has 4 nitrogen and oxygen atoms in total. The fourth-order valence-corrected chi connectivity index (χ4v) is 1.65. The number of aryl methyl sites for hydroxylation is 1. The molecule has 16 heavy (non-hydrogen) atoms. The summed E-state index contributed by atoms with van der Waals surface area (Å²) in [7, 11) is 0. The molecule has 0 bridgehead atoms. The van der Waals surface area contributed by atoms with Gasteiger partial charge in [0.05, 0.1) is 11.7 Å². The Kier molecular flexibility index (Phi) is 4.36. The first-order valence-corrected chi connectivity index (χ1v) is 5.92. The zero-order chi connectivity index (χ0) is 12.1. The Balaban J connectivity index is 3.06. The molecule has 0 aliphatic rings. The van der Waals surface area contributed by atoms with Crippen molar-refractivity contribution in [3.8, 4) is 6.07 Å². The van der Waals surface area contributed by atoms with Crippen LogP contribution in [0.4, 0.5) is 5.82 Å². The summed E-state index contributed by atoms with van der Waals surface area (Å²) in [5, 5.41) is 13.5. The molecule has 88 valence electrons. The second-order valence-electron chi connectivity index (χ2n) is 4.12. The van der Waals surface area contributed by atoms with Crippen molar-refractivity contribution in [3.05, 3.63) is 11.3 Å². The fourth-order valence-electron chi connectivity index (χ4n) is 1.65. The van der Waals surface area contributed by atoms with Gasteiger partial charge < -0.3 is 5.73 Å². The Bertz CT molecular complexity index is 386. The third-order valence-electron chi connectivity index (χ3n) is 2.91. The molecule has 1 atom stereocenters. The Hall–Kier alpha value is -1.50. The Morgan fingerprint density at radius 1 is 1.50 bits per heavy atom. The average molecular weight is 220 g/mol. The molecule has 1 heterocycles. The molecule has 0 radical (unpaired) electrons. The van der Waals surface area contributed by atoms with Gasteiger partial charge >= 0.3 is 0 Å². The van der Waals surface area contributed by atoms with Crippen LogP contribution in [0.2, 0.25) is 0 Å². The Morgan fingerprint density at radius 3 is 2.69 bits per heavy atom. The van der Waals surface area contributed by atoms with E-state index in [9.17, 15) is 0 Å². The van der Waals surface area contributed by atoms with Gasteiger partial charge in [-0.15, -0.1) is 0 Å². The van der Waals surface area contributed by atoms with Gasteiger partial charge in [-0.05, 0) is 26.2 Å². The van der Waals surface area contributed by atoms with Crippen LogP contribution in [0.25, 0.3) is 0 Å². The van der Waals surface area contributed by atoms with Crippen molar-refractivity contribution in [2.45, 2.75) is 52.5 Å². The molecule has 1 aromatic heterocycles. The molecular formula is C12H20N4. The van der Waals surface area contributed by atoms with E-state index in [1.54, 1.807) is 4.68 Å². The number of hydrogen-bond donors (Lipinski definition) is 1. The maximum Gasteiger partial charge on any atom is 0.140 e. The average Bonchev–Trinajstić information content (AvgIpc) is 2.62. The molecule has 4 heteroatoms. The minimum atomic E-state index is 0.252. The number of hydrogen-bond acceptors (Lipinski definition) is 3. The van der Waals surface area contributed by atoms with Crippen molar-refractivity contribution in [1.82, 2.24) is 9.78 Å². The summed E-state index contributed by atoms with van der Waals surface area (Å²) in [6, 6.07) is 2.42. The van der Waals surface area contributed by atoms with Crippen LogP contribution in [-0.2, 0) is 6.42 Å². The van der Waals surface area contributed by atoms with E-state index in [0.717, 1.165) is 31.4 Å². The lowest BCUT2D eigenvalue weighted by Gasteiger charge is -2.10. The number of aromatic nitrogens is 2. The molecule has 0 aliphatic heterocycles. The molecule has 2 N–H and O–H groups in total. The SMILES string of the molecule is CCCCc1nn([C@H](C)CC)c(N)c1C#N. The first-order chi connectivity index (χ1) is 7.65. The quantitative estimate of drug-likeness (QED) is 0.829. The van der Waals surface area contributed by atoms with Crippen LogP contribution in [0, 0.1) is 11.3 Å². The summed E-state index contributed by atoms with van der Waals surface area (Å²) in [5.41, 5.74) is 7.35. The standard InChI is InChI=1S/C12H20N4/c1-4-6-7-11-10(8-13)12(14)16(15-11)9(3)5-2/h9H,4-7,14H2,1-3H3/t9-/m1/s1. The van der Waals surface area contributed by atoms with E-state index < -0.39 is 0 Å². The number of nitriles is 1. The van der Waals surface area contributed by atoms with Crippen molar-refractivity contribution in [2.24, 2.45) is 0 Å². The largest absolute Gasteiger partial charge is 0.383 e. The monoisotopic (exact) mass is 220 g/mol. The third-order valence-corrected chi connectivity index (χ3v) is 2.91. The Labute approximate surface area is 97.1 Å². The summed E-state index contributed by atoms with van der Waals surface area (Å²) < 4.78 is 1.78. The minimum Gasteiger partial charge on any atom is -0.383 e. The summed E-state index contributed by atoms with van der Waals surface area (Å²) in [6.45, 7) is 6.28. The van der Waals surface area contributed by atoms with Gasteiger partial charge in [0.15, 0.2) is 0 Å². The van der Waals surface area contributed by atoms with Gasteiger partial charge in [0.25, 0.3) is 0 Å². The van der Waals surface area contributed by atoms with Crippen LogP contribution >= 0.6 is 0 Å². The highest BCUT2D eigenvalue weighted by molar-refractivity contribution is 5.52. The van der Waals surface area contributed by atoms with Gasteiger partial charge in [0, 0.05) is 0 Å². The van der Waals surface area contributed by atoms with E-state index in [-0.39, 0.29) is 6.04 Å². The molecule has 0 fully saturated rings. The van der Waals surface area contributed by atoms with E-state index in [0.29, 0.717) is 11.4 Å². The summed E-state index contributed by atoms with van der Waals surface area (Å²) in [4.78, 5) is 0. The summed E-state index contributed by atoms with van der Waals surface area (Å²) in [5.74, 6) is 0.517. The lowest BCUT2D eigenvalue weighted by Crippen LogP contribution is -2.09. The molecule has 0 amide bonds. The lowest BCUT2D eigenvalue weighted by molar-refractivity contribution is 0.479. The number of nitrogens with zero attached hydrogens (tertiary/aromatic N) is 3. The first-order valence-electron chi connectivity index (χ1n) is 5.92. The number of anilines is 1. The van der Waals surface area contributed by atoms with E-state index in [2.05, 4.69) is 31.9 Å². The minimum absolute atomic E-state index is 0.252. The third kappa shape index (κ3) is 2.35. The van der Waals surface area contributed by atoms with Gasteiger partial charge in [0.2, 0.25) is 0 Å². The summed E-state index contributed by atoms with van der Waals surface area (Å²) >= 11 is 0. The number of unbranched alkanes of at least 4 members (excludes halogenated alkanes) is 1. The topological polar surface area (TPSA) is 67.6 Å². The summed E-state index contributed by atoms with van der Waals surface area (Å²) in [6.07, 6.45) is 3.95.